The number of aliphatic hydroxyl groups excluding tert-OH is 2. The van der Waals surface area contributed by atoms with E-state index in [-0.39, 0.29) is 43.0 Å². The van der Waals surface area contributed by atoms with Gasteiger partial charge in [-0.15, -0.1) is 0 Å². The molecule has 0 aliphatic carbocycles. The number of nitrogens with zero attached hydrogens (tertiary/aromatic N) is 3. The zero-order valence-electron chi connectivity index (χ0n) is 22.4. The molecule has 2 atom stereocenters. The summed E-state index contributed by atoms with van der Waals surface area (Å²) in [4.78, 5) is 26.0. The van der Waals surface area contributed by atoms with Crippen LogP contribution in [0.1, 0.15) is 54.2 Å². The number of aromatic nitrogens is 2. The molecular weight excluding hydrogens is 509 g/mol. The number of aliphatic carboxylic acids is 1. The molecule has 3 aromatic rings. The second-order valence-corrected chi connectivity index (χ2v) is 9.58. The predicted octanol–water partition coefficient (Wildman–Crippen LogP) is 3.38. The zero-order valence-corrected chi connectivity index (χ0v) is 22.4. The Morgan fingerprint density at radius 2 is 1.79 bits per heavy atom. The highest BCUT2D eigenvalue weighted by atomic mass is 19.1. The fourth-order valence-corrected chi connectivity index (χ4v) is 4.13. The number of aliphatic hydroxyl groups is 2. The van der Waals surface area contributed by atoms with Crippen LogP contribution in [0.5, 0.6) is 11.6 Å². The first-order chi connectivity index (χ1) is 18.5. The van der Waals surface area contributed by atoms with Crippen molar-refractivity contribution in [3.05, 3.63) is 71.2 Å². The highest BCUT2D eigenvalue weighted by Gasteiger charge is 2.30. The Bertz CT molecular complexity index is 1280. The van der Waals surface area contributed by atoms with Crippen molar-refractivity contribution in [2.24, 2.45) is 0 Å². The summed E-state index contributed by atoms with van der Waals surface area (Å²) < 4.78 is 26.2. The van der Waals surface area contributed by atoms with Gasteiger partial charge in [-0.05, 0) is 47.9 Å². The van der Waals surface area contributed by atoms with Gasteiger partial charge in [0.1, 0.15) is 18.2 Å². The maximum atomic E-state index is 13.6. The molecule has 11 heteroatoms. The first kappa shape index (κ1) is 29.6. The second kappa shape index (κ2) is 13.2. The van der Waals surface area contributed by atoms with E-state index >= 15 is 0 Å². The topological polar surface area (TPSA) is 134 Å². The molecule has 3 rings (SSSR count). The molecule has 2 unspecified atom stereocenters. The number of benzene rings is 2. The average molecular weight is 544 g/mol. The summed E-state index contributed by atoms with van der Waals surface area (Å²) in [5.41, 5.74) is 1.91. The van der Waals surface area contributed by atoms with Gasteiger partial charge in [-0.2, -0.15) is 5.10 Å². The number of hydrogen-bond acceptors (Lipinski definition) is 7. The van der Waals surface area contributed by atoms with E-state index in [0.717, 1.165) is 5.56 Å². The Morgan fingerprint density at radius 3 is 2.41 bits per heavy atom. The fraction of sp³-hybridized carbons (Fsp3) is 0.393. The molecule has 0 spiro atoms. The summed E-state index contributed by atoms with van der Waals surface area (Å²) in [6.07, 6.45) is -3.18. The monoisotopic (exact) mass is 543 g/mol. The van der Waals surface area contributed by atoms with Gasteiger partial charge in [-0.1, -0.05) is 26.0 Å². The lowest BCUT2D eigenvalue weighted by Gasteiger charge is -2.19. The van der Waals surface area contributed by atoms with Crippen LogP contribution in [0.4, 0.5) is 4.39 Å². The second-order valence-electron chi connectivity index (χ2n) is 9.58. The molecule has 2 aromatic carbocycles. The molecule has 10 nitrogen and oxygen atoms in total. The summed E-state index contributed by atoms with van der Waals surface area (Å²) in [6.45, 7) is 3.72. The maximum Gasteiger partial charge on any atom is 0.305 e. The van der Waals surface area contributed by atoms with E-state index in [1.165, 1.54) is 33.8 Å². The van der Waals surface area contributed by atoms with Gasteiger partial charge in [0.15, 0.2) is 5.69 Å². The number of hydrogen-bond donors (Lipinski definition) is 3. The zero-order chi connectivity index (χ0) is 28.7. The Labute approximate surface area is 226 Å². The van der Waals surface area contributed by atoms with Gasteiger partial charge in [-0.25, -0.2) is 9.07 Å². The summed E-state index contributed by atoms with van der Waals surface area (Å²) >= 11 is 0. The summed E-state index contributed by atoms with van der Waals surface area (Å²) in [7, 11) is 3.22. The van der Waals surface area contributed by atoms with Crippen molar-refractivity contribution >= 4 is 11.9 Å². The number of carbonyl (C=O) groups is 2. The van der Waals surface area contributed by atoms with Crippen molar-refractivity contribution in [1.82, 2.24) is 14.7 Å². The lowest BCUT2D eigenvalue weighted by Crippen LogP contribution is -2.28. The molecule has 0 saturated heterocycles. The summed E-state index contributed by atoms with van der Waals surface area (Å²) in [5, 5.41) is 33.7. The molecule has 1 aromatic heterocycles. The molecule has 39 heavy (non-hydrogen) atoms. The molecule has 0 fully saturated rings. The van der Waals surface area contributed by atoms with Gasteiger partial charge in [0, 0.05) is 25.6 Å². The number of halogens is 1. The minimum Gasteiger partial charge on any atom is -0.497 e. The standard InChI is InChI=1S/C28H34FN3O7/c1-17(2)25-26(27(37)31(3)15-18-6-5-7-23(12-18)38-4)30-32(20-10-8-19(29)9-11-20)28(25)39-16-22(34)13-21(33)14-24(35)36/h5-12,17,21-22,33-34H,13-16H2,1-4H3,(H,35,36). The smallest absolute Gasteiger partial charge is 0.305 e. The minimum absolute atomic E-state index is 0.134. The van der Waals surface area contributed by atoms with E-state index < -0.39 is 30.4 Å². The average Bonchev–Trinajstić information content (AvgIpc) is 3.26. The normalized spacial score (nSPS) is 12.7. The van der Waals surface area contributed by atoms with E-state index in [1.807, 2.05) is 38.1 Å². The maximum absolute atomic E-state index is 13.6. The Balaban J connectivity index is 1.95. The molecule has 210 valence electrons. The Morgan fingerprint density at radius 1 is 1.10 bits per heavy atom. The van der Waals surface area contributed by atoms with Crippen molar-refractivity contribution in [2.75, 3.05) is 20.8 Å². The lowest BCUT2D eigenvalue weighted by molar-refractivity contribution is -0.139. The number of carbonyl (C=O) groups excluding carboxylic acids is 1. The van der Waals surface area contributed by atoms with E-state index in [1.54, 1.807) is 14.2 Å². The molecular formula is C28H34FN3O7. The molecule has 1 amide bonds. The van der Waals surface area contributed by atoms with Gasteiger partial charge < -0.3 is 29.7 Å². The number of amides is 1. The van der Waals surface area contributed by atoms with Crippen LogP contribution in [-0.4, -0.2) is 74.8 Å². The number of carboxylic acids is 1. The molecule has 0 bridgehead atoms. The number of carboxylic acid groups (broad SMARTS) is 1. The summed E-state index contributed by atoms with van der Waals surface area (Å²) in [6, 6.07) is 12.8. The van der Waals surface area contributed by atoms with Gasteiger partial charge in [0.25, 0.3) is 5.91 Å². The van der Waals surface area contributed by atoms with Gasteiger partial charge >= 0.3 is 5.97 Å². The lowest BCUT2D eigenvalue weighted by atomic mass is 10.0. The van der Waals surface area contributed by atoms with Crippen molar-refractivity contribution < 1.29 is 38.8 Å². The number of methoxy groups -OCH3 is 1. The van der Waals surface area contributed by atoms with E-state index in [0.29, 0.717) is 17.0 Å². The summed E-state index contributed by atoms with van der Waals surface area (Å²) in [5.74, 6) is -1.39. The van der Waals surface area contributed by atoms with Crippen LogP contribution in [0.25, 0.3) is 5.69 Å². The molecule has 0 aliphatic heterocycles. The van der Waals surface area contributed by atoms with E-state index in [4.69, 9.17) is 14.6 Å². The number of rotatable bonds is 13. The third-order valence-corrected chi connectivity index (χ3v) is 6.00. The number of ether oxygens (including phenoxy) is 2. The van der Waals surface area contributed by atoms with Crippen LogP contribution in [0, 0.1) is 5.82 Å². The van der Waals surface area contributed by atoms with Crippen molar-refractivity contribution in [2.45, 2.75) is 51.4 Å². The SMILES string of the molecule is COc1cccc(CN(C)C(=O)c2nn(-c3ccc(F)cc3)c(OCC(O)CC(O)CC(=O)O)c2C(C)C)c1. The van der Waals surface area contributed by atoms with Crippen molar-refractivity contribution in [3.8, 4) is 17.3 Å². The van der Waals surface area contributed by atoms with E-state index in [9.17, 15) is 24.2 Å². The first-order valence-electron chi connectivity index (χ1n) is 12.5. The highest BCUT2D eigenvalue weighted by molar-refractivity contribution is 5.94. The minimum atomic E-state index is -1.25. The van der Waals surface area contributed by atoms with Crippen LogP contribution >= 0.6 is 0 Å². The van der Waals surface area contributed by atoms with Crippen LogP contribution in [0.15, 0.2) is 48.5 Å². The van der Waals surface area contributed by atoms with Crippen LogP contribution in [-0.2, 0) is 11.3 Å². The molecule has 0 radical (unpaired) electrons. The third kappa shape index (κ3) is 7.78. The fourth-order valence-electron chi connectivity index (χ4n) is 4.13. The van der Waals surface area contributed by atoms with Gasteiger partial charge in [0.05, 0.1) is 31.4 Å². The molecule has 3 N–H and O–H groups in total. The van der Waals surface area contributed by atoms with Crippen molar-refractivity contribution in [1.29, 1.82) is 0 Å². The Kier molecular flexibility index (Phi) is 10.0. The highest BCUT2D eigenvalue weighted by Crippen LogP contribution is 2.34. The molecule has 0 aliphatic rings. The van der Waals surface area contributed by atoms with Crippen LogP contribution in [0.3, 0.4) is 0 Å². The Hall–Kier alpha value is -3.96. The molecule has 0 saturated carbocycles. The van der Waals surface area contributed by atoms with Gasteiger partial charge in [-0.3, -0.25) is 9.59 Å². The predicted molar refractivity (Wildman–Crippen MR) is 141 cm³/mol. The van der Waals surface area contributed by atoms with Crippen LogP contribution < -0.4 is 9.47 Å². The van der Waals surface area contributed by atoms with Crippen LogP contribution in [0.2, 0.25) is 0 Å². The first-order valence-corrected chi connectivity index (χ1v) is 12.5. The molecule has 1 heterocycles. The van der Waals surface area contributed by atoms with Crippen molar-refractivity contribution in [3.63, 3.8) is 0 Å². The van der Waals surface area contributed by atoms with Gasteiger partial charge in [0.2, 0.25) is 5.88 Å². The largest absolute Gasteiger partial charge is 0.497 e. The quantitative estimate of drug-likeness (QED) is 0.299. The van der Waals surface area contributed by atoms with E-state index in [2.05, 4.69) is 5.10 Å². The third-order valence-electron chi connectivity index (χ3n) is 6.00.